The van der Waals surface area contributed by atoms with Crippen molar-refractivity contribution in [2.75, 3.05) is 13.2 Å². The predicted molar refractivity (Wildman–Crippen MR) is 140 cm³/mol. The molecule has 2 aromatic rings. The number of rotatable bonds is 14. The number of hydrogen-bond acceptors (Lipinski definition) is 20. The number of esters is 1. The van der Waals surface area contributed by atoms with Crippen LogP contribution in [0.4, 0.5) is 20.3 Å². The third-order valence-corrected chi connectivity index (χ3v) is 6.94. The highest BCUT2D eigenvalue weighted by Crippen LogP contribution is 2.30. The number of nitrogens with zero attached hydrogens (tertiary/aromatic N) is 6. The summed E-state index contributed by atoms with van der Waals surface area (Å²) in [6, 6.07) is 0. The lowest BCUT2D eigenvalue weighted by Gasteiger charge is -2.42. The van der Waals surface area contributed by atoms with Gasteiger partial charge in [-0.15, -0.1) is 0 Å². The molecule has 230 valence electrons. The molecule has 0 aliphatic carbocycles. The minimum absolute atomic E-state index is 0.0208. The number of aliphatic hydroxyl groups is 5. The molecular formula is C20H24N6O14S2. The van der Waals surface area contributed by atoms with Crippen molar-refractivity contribution < 1.29 is 59.1 Å². The number of aliphatic hydroxyl groups excluding tert-OH is 5. The average molecular weight is 637 g/mol. The van der Waals surface area contributed by atoms with E-state index in [1.165, 1.54) is 0 Å². The Morgan fingerprint density at radius 3 is 2.14 bits per heavy atom. The smallest absolute Gasteiger partial charge is 0.425 e. The maximum atomic E-state index is 11.5. The minimum atomic E-state index is -1.84. The molecule has 42 heavy (non-hydrogen) atoms. The number of carbonyl (C=O) groups is 1. The highest BCUT2D eigenvalue weighted by atomic mass is 32.1. The molecule has 2 aromatic heterocycles. The van der Waals surface area contributed by atoms with Gasteiger partial charge in [-0.2, -0.15) is 0 Å². The largest absolute Gasteiger partial charge is 0.457 e. The highest BCUT2D eigenvalue weighted by molar-refractivity contribution is 7.18. The summed E-state index contributed by atoms with van der Waals surface area (Å²) in [5, 5.41) is 71.9. The fraction of sp³-hybridized carbons (Fsp3) is 0.550. The monoisotopic (exact) mass is 636 g/mol. The zero-order chi connectivity index (χ0) is 31.0. The zero-order valence-electron chi connectivity index (χ0n) is 21.3. The zero-order valence-corrected chi connectivity index (χ0v) is 22.9. The Morgan fingerprint density at radius 2 is 1.67 bits per heavy atom. The standard InChI is InChI=1S/C20H24N6O14S2/c1-8(29)37-17-15(31)11(7-28)40-18(16(17)32)39-9(2-21-12-3-23-19(41-12)25(33)34)10(6-27)38-14(30)5-22-13-4-24-20(42-13)26(35)36/h2-5,9-11,14-18,27-28,30-32H,6-7H2,1H3/b21-2-,22-5+. The molecule has 8 atom stereocenters. The lowest BCUT2D eigenvalue weighted by molar-refractivity contribution is -0.384. The first-order valence-corrected chi connectivity index (χ1v) is 13.2. The molecule has 5 N–H and O–H groups in total. The molecule has 1 aliphatic rings. The van der Waals surface area contributed by atoms with Crippen LogP contribution in [0.3, 0.4) is 0 Å². The van der Waals surface area contributed by atoms with Crippen molar-refractivity contribution in [2.45, 2.75) is 56.1 Å². The summed E-state index contributed by atoms with van der Waals surface area (Å²) < 4.78 is 21.4. The summed E-state index contributed by atoms with van der Waals surface area (Å²) in [4.78, 5) is 46.7. The Balaban J connectivity index is 1.85. The van der Waals surface area contributed by atoms with Gasteiger partial charge in [0.1, 0.15) is 30.5 Å². The molecule has 3 heterocycles. The van der Waals surface area contributed by atoms with Gasteiger partial charge in [-0.25, -0.2) is 9.98 Å². The lowest BCUT2D eigenvalue weighted by atomic mass is 9.99. The van der Waals surface area contributed by atoms with Gasteiger partial charge in [0.15, 0.2) is 41.1 Å². The predicted octanol–water partition coefficient (Wildman–Crippen LogP) is -1.03. The first-order valence-electron chi connectivity index (χ1n) is 11.6. The van der Waals surface area contributed by atoms with Crippen LogP contribution in [0.1, 0.15) is 6.92 Å². The Morgan fingerprint density at radius 1 is 1.10 bits per heavy atom. The second-order valence-corrected chi connectivity index (χ2v) is 10.1. The van der Waals surface area contributed by atoms with Gasteiger partial charge in [-0.1, -0.05) is 0 Å². The molecule has 0 spiro atoms. The van der Waals surface area contributed by atoms with Crippen molar-refractivity contribution in [1.29, 1.82) is 0 Å². The highest BCUT2D eigenvalue weighted by Gasteiger charge is 2.48. The molecule has 1 saturated heterocycles. The molecular weight excluding hydrogens is 612 g/mol. The average Bonchev–Trinajstić information content (AvgIpc) is 3.62. The summed E-state index contributed by atoms with van der Waals surface area (Å²) in [6.07, 6.45) is -9.09. The fourth-order valence-corrected chi connectivity index (χ4v) is 4.57. The Hall–Kier alpha value is -3.45. The molecule has 1 fully saturated rings. The molecule has 8 unspecified atom stereocenters. The van der Waals surface area contributed by atoms with Crippen LogP contribution in [0.5, 0.6) is 0 Å². The number of thiazole rings is 2. The number of carbonyl (C=O) groups excluding carboxylic acids is 1. The summed E-state index contributed by atoms with van der Waals surface area (Å²) in [6.45, 7) is -0.621. The van der Waals surface area contributed by atoms with Crippen LogP contribution < -0.4 is 0 Å². The van der Waals surface area contributed by atoms with E-state index in [1.54, 1.807) is 0 Å². The molecule has 22 heteroatoms. The van der Waals surface area contributed by atoms with E-state index in [0.717, 1.165) is 31.7 Å². The molecule has 1 aliphatic heterocycles. The van der Waals surface area contributed by atoms with E-state index in [0.29, 0.717) is 22.7 Å². The van der Waals surface area contributed by atoms with Crippen molar-refractivity contribution in [3.63, 3.8) is 0 Å². The fourth-order valence-electron chi connectivity index (χ4n) is 3.39. The summed E-state index contributed by atoms with van der Waals surface area (Å²) in [7, 11) is 0. The number of ether oxygens (including phenoxy) is 4. The first kappa shape index (κ1) is 33.1. The van der Waals surface area contributed by atoms with Gasteiger partial charge in [0.05, 0.1) is 19.4 Å². The van der Waals surface area contributed by atoms with Crippen LogP contribution in [-0.2, 0) is 23.7 Å². The normalized spacial score (nSPS) is 25.0. The number of hydrogen-bond donors (Lipinski definition) is 5. The van der Waals surface area contributed by atoms with E-state index in [1.807, 2.05) is 0 Å². The molecule has 0 radical (unpaired) electrons. The van der Waals surface area contributed by atoms with E-state index in [9.17, 15) is 50.6 Å². The molecule has 3 rings (SSSR count). The van der Waals surface area contributed by atoms with Gasteiger partial charge in [0.2, 0.25) is 0 Å². The Bertz CT molecular complexity index is 1290. The third kappa shape index (κ3) is 8.78. The van der Waals surface area contributed by atoms with Crippen LogP contribution in [-0.4, -0.2) is 126 Å². The molecule has 20 nitrogen and oxygen atoms in total. The second kappa shape index (κ2) is 15.1. The van der Waals surface area contributed by atoms with Gasteiger partial charge in [0.25, 0.3) is 0 Å². The van der Waals surface area contributed by atoms with E-state index in [4.69, 9.17) is 18.9 Å². The summed E-state index contributed by atoms with van der Waals surface area (Å²) >= 11 is 1.20. The van der Waals surface area contributed by atoms with Gasteiger partial charge >= 0.3 is 16.2 Å². The minimum Gasteiger partial charge on any atom is -0.457 e. The van der Waals surface area contributed by atoms with E-state index < -0.39 is 88.5 Å². The number of aliphatic imine (C=N–C) groups is 2. The molecule has 0 saturated carbocycles. The van der Waals surface area contributed by atoms with E-state index >= 15 is 0 Å². The van der Waals surface area contributed by atoms with Gasteiger partial charge in [-0.3, -0.25) is 4.79 Å². The van der Waals surface area contributed by atoms with Crippen LogP contribution in [0.15, 0.2) is 22.4 Å². The van der Waals surface area contributed by atoms with Crippen LogP contribution in [0.25, 0.3) is 0 Å². The number of aromatic nitrogens is 2. The molecule has 0 amide bonds. The first-order chi connectivity index (χ1) is 19.9. The van der Waals surface area contributed by atoms with Crippen molar-refractivity contribution in [1.82, 2.24) is 9.97 Å². The van der Waals surface area contributed by atoms with Gasteiger partial charge < -0.3 is 64.7 Å². The van der Waals surface area contributed by atoms with E-state index in [2.05, 4.69) is 20.0 Å². The Kier molecular flexibility index (Phi) is 11.9. The second-order valence-electron chi connectivity index (χ2n) is 8.16. The van der Waals surface area contributed by atoms with Crippen LogP contribution >= 0.6 is 22.7 Å². The van der Waals surface area contributed by atoms with E-state index in [-0.39, 0.29) is 10.0 Å². The lowest BCUT2D eigenvalue weighted by Crippen LogP contribution is -2.61. The topological polar surface area (TPSA) is 292 Å². The van der Waals surface area contributed by atoms with Crippen LogP contribution in [0.2, 0.25) is 0 Å². The third-order valence-electron chi connectivity index (χ3n) is 5.23. The van der Waals surface area contributed by atoms with Crippen molar-refractivity contribution >= 4 is 61.3 Å². The summed E-state index contributed by atoms with van der Waals surface area (Å²) in [5.74, 6) is -0.870. The van der Waals surface area contributed by atoms with Crippen molar-refractivity contribution in [3.05, 3.63) is 32.6 Å². The van der Waals surface area contributed by atoms with Crippen molar-refractivity contribution in [3.8, 4) is 0 Å². The molecule has 0 aromatic carbocycles. The molecule has 0 bridgehead atoms. The van der Waals surface area contributed by atoms with Crippen molar-refractivity contribution in [2.24, 2.45) is 9.98 Å². The quantitative estimate of drug-likeness (QED) is 0.0544. The maximum Gasteiger partial charge on any atom is 0.425 e. The van der Waals surface area contributed by atoms with Crippen LogP contribution in [0, 0.1) is 20.2 Å². The SMILES string of the molecule is CC(=O)OC1C(O)C(CO)OC(OC(/C=N\c2cnc([N+](=O)[O-])s2)C(CO)OC(O)/C=N/c2cnc([N+](=O)[O-])s2)C1O. The Labute approximate surface area is 242 Å². The maximum absolute atomic E-state index is 11.5. The van der Waals surface area contributed by atoms with Gasteiger partial charge in [0, 0.05) is 13.1 Å². The number of nitro groups is 2. The summed E-state index contributed by atoms with van der Waals surface area (Å²) in [5.41, 5.74) is 0. The van der Waals surface area contributed by atoms with Gasteiger partial charge in [-0.05, 0) is 42.5 Å².